The Labute approximate surface area is 127 Å². The van der Waals surface area contributed by atoms with Gasteiger partial charge in [0.15, 0.2) is 15.8 Å². The van der Waals surface area contributed by atoms with Gasteiger partial charge in [-0.15, -0.1) is 11.3 Å². The molecule has 0 aromatic carbocycles. The van der Waals surface area contributed by atoms with Crippen molar-refractivity contribution in [3.63, 3.8) is 0 Å². The molecule has 0 amide bonds. The molecule has 118 valence electrons. The highest BCUT2D eigenvalue weighted by molar-refractivity contribution is 7.90. The molecular weight excluding hydrogens is 336 g/mol. The second-order valence-corrected chi connectivity index (χ2v) is 9.27. The minimum atomic E-state index is -3.77. The third-order valence-electron chi connectivity index (χ3n) is 2.69. The minimum Gasteiger partial charge on any atom is -0.371 e. The lowest BCUT2D eigenvalue weighted by molar-refractivity contribution is 0.573. The predicted octanol–water partition coefficient (Wildman–Crippen LogP) is 0.151. The largest absolute Gasteiger partial charge is 0.371 e. The summed E-state index contributed by atoms with van der Waals surface area (Å²) in [6.07, 6.45) is 2.96. The van der Waals surface area contributed by atoms with E-state index in [0.29, 0.717) is 4.96 Å². The van der Waals surface area contributed by atoms with Gasteiger partial charge in [0, 0.05) is 31.4 Å². The third-order valence-corrected chi connectivity index (χ3v) is 5.96. The van der Waals surface area contributed by atoms with Crippen molar-refractivity contribution in [1.29, 1.82) is 0 Å². The van der Waals surface area contributed by atoms with Crippen LogP contribution in [-0.4, -0.2) is 51.8 Å². The fourth-order valence-electron chi connectivity index (χ4n) is 1.79. The lowest BCUT2D eigenvalue weighted by atomic mass is 10.5. The number of hydrogen-bond donors (Lipinski definition) is 2. The van der Waals surface area contributed by atoms with E-state index in [-0.39, 0.29) is 29.6 Å². The summed E-state index contributed by atoms with van der Waals surface area (Å²) in [6.45, 7) is 0.0515. The van der Waals surface area contributed by atoms with E-state index in [1.165, 1.54) is 15.7 Å². The molecule has 0 aliphatic heterocycles. The molecule has 0 bridgehead atoms. The van der Waals surface area contributed by atoms with E-state index in [2.05, 4.69) is 15.0 Å². The van der Waals surface area contributed by atoms with Gasteiger partial charge in [-0.2, -0.15) is 0 Å². The molecule has 0 saturated heterocycles. The first-order valence-corrected chi connectivity index (χ1v) is 10.5. The van der Waals surface area contributed by atoms with Crippen LogP contribution < -0.4 is 10.0 Å². The molecule has 2 N–H and O–H groups in total. The molecule has 0 spiro atoms. The van der Waals surface area contributed by atoms with Crippen LogP contribution in [0.4, 0.5) is 5.82 Å². The van der Waals surface area contributed by atoms with Crippen LogP contribution in [0.25, 0.3) is 4.96 Å². The summed E-state index contributed by atoms with van der Waals surface area (Å²) in [4.78, 5) is 4.75. The lowest BCUT2D eigenvalue weighted by Crippen LogP contribution is -2.27. The molecular formula is C10H16N4O4S3. The van der Waals surface area contributed by atoms with Gasteiger partial charge in [-0.25, -0.2) is 26.5 Å². The van der Waals surface area contributed by atoms with Gasteiger partial charge in [0.1, 0.15) is 9.84 Å². The van der Waals surface area contributed by atoms with Crippen LogP contribution in [0.15, 0.2) is 16.6 Å². The zero-order valence-corrected chi connectivity index (χ0v) is 14.0. The van der Waals surface area contributed by atoms with Crippen LogP contribution in [0.5, 0.6) is 0 Å². The Kier molecular flexibility index (Phi) is 4.56. The zero-order chi connectivity index (χ0) is 15.7. The van der Waals surface area contributed by atoms with E-state index in [0.717, 1.165) is 6.26 Å². The molecule has 21 heavy (non-hydrogen) atoms. The maximum absolute atomic E-state index is 12.4. The van der Waals surface area contributed by atoms with E-state index in [1.54, 1.807) is 18.6 Å². The molecule has 0 aliphatic carbocycles. The van der Waals surface area contributed by atoms with Crippen molar-refractivity contribution >= 4 is 42.0 Å². The molecule has 0 fully saturated rings. The number of nitrogens with zero attached hydrogens (tertiary/aromatic N) is 2. The number of sulfonamides is 1. The van der Waals surface area contributed by atoms with Crippen LogP contribution in [-0.2, 0) is 19.9 Å². The number of aromatic nitrogens is 2. The van der Waals surface area contributed by atoms with Crippen molar-refractivity contribution < 1.29 is 16.8 Å². The fraction of sp³-hybridized carbons (Fsp3) is 0.500. The average Bonchev–Trinajstić information content (AvgIpc) is 2.92. The standard InChI is InChI=1S/C10H16N4O4S3/c1-11-8-9(14-5-6-19-10(14)13-8)21(17,18)12-4-3-7-20(2,15)16/h5-6,11-12H,3-4,7H2,1-2H3. The maximum Gasteiger partial charge on any atom is 0.260 e. The number of fused-ring (bicyclic) bond motifs is 1. The quantitative estimate of drug-likeness (QED) is 0.687. The van der Waals surface area contributed by atoms with Crippen LogP contribution in [0.2, 0.25) is 0 Å². The Bertz CT molecular complexity index is 835. The Hall–Kier alpha value is -1.17. The second kappa shape index (κ2) is 5.91. The minimum absolute atomic E-state index is 0.0283. The highest BCUT2D eigenvalue weighted by Gasteiger charge is 2.25. The molecule has 0 radical (unpaired) electrons. The van der Waals surface area contributed by atoms with E-state index in [4.69, 9.17) is 0 Å². The number of rotatable bonds is 7. The van der Waals surface area contributed by atoms with Gasteiger partial charge in [-0.1, -0.05) is 0 Å². The van der Waals surface area contributed by atoms with Gasteiger partial charge in [0.25, 0.3) is 10.0 Å². The van der Waals surface area contributed by atoms with Crippen molar-refractivity contribution in [3.8, 4) is 0 Å². The summed E-state index contributed by atoms with van der Waals surface area (Å²) >= 11 is 1.33. The number of sulfone groups is 1. The summed E-state index contributed by atoms with van der Waals surface area (Å²) in [5.41, 5.74) is 0. The summed E-state index contributed by atoms with van der Waals surface area (Å²) in [5, 5.41) is 4.52. The van der Waals surface area contributed by atoms with Crippen LogP contribution in [0.3, 0.4) is 0 Å². The van der Waals surface area contributed by atoms with E-state index >= 15 is 0 Å². The Balaban J connectivity index is 2.19. The summed E-state index contributed by atoms with van der Waals surface area (Å²) in [6, 6.07) is 0. The van der Waals surface area contributed by atoms with Crippen molar-refractivity contribution in [2.24, 2.45) is 0 Å². The molecule has 11 heteroatoms. The van der Waals surface area contributed by atoms with Gasteiger partial charge in [-0.05, 0) is 6.42 Å². The zero-order valence-electron chi connectivity index (χ0n) is 11.5. The van der Waals surface area contributed by atoms with Gasteiger partial charge in [-0.3, -0.25) is 4.40 Å². The van der Waals surface area contributed by atoms with Crippen LogP contribution in [0.1, 0.15) is 6.42 Å². The highest BCUT2D eigenvalue weighted by Crippen LogP contribution is 2.24. The van der Waals surface area contributed by atoms with Crippen molar-refractivity contribution in [1.82, 2.24) is 14.1 Å². The first-order valence-electron chi connectivity index (χ1n) is 6.05. The monoisotopic (exact) mass is 352 g/mol. The Morgan fingerprint density at radius 2 is 2.05 bits per heavy atom. The predicted molar refractivity (Wildman–Crippen MR) is 82.1 cm³/mol. The van der Waals surface area contributed by atoms with Gasteiger partial charge < -0.3 is 5.32 Å². The molecule has 0 atom stereocenters. The first-order chi connectivity index (χ1) is 9.74. The Morgan fingerprint density at radius 1 is 1.33 bits per heavy atom. The smallest absolute Gasteiger partial charge is 0.260 e. The number of anilines is 1. The van der Waals surface area contributed by atoms with Gasteiger partial charge in [0.2, 0.25) is 0 Å². The molecule has 2 aromatic heterocycles. The maximum atomic E-state index is 12.4. The topological polar surface area (TPSA) is 110 Å². The lowest BCUT2D eigenvalue weighted by Gasteiger charge is -2.07. The molecule has 2 heterocycles. The average molecular weight is 352 g/mol. The van der Waals surface area contributed by atoms with Crippen molar-refractivity contribution in [2.45, 2.75) is 11.4 Å². The number of thiazole rings is 1. The third kappa shape index (κ3) is 3.73. The van der Waals surface area contributed by atoms with E-state index < -0.39 is 19.9 Å². The summed E-state index contributed by atoms with van der Waals surface area (Å²) < 4.78 is 50.6. The molecule has 0 saturated carbocycles. The van der Waals surface area contributed by atoms with Crippen molar-refractivity contribution in [2.75, 3.05) is 30.9 Å². The molecule has 2 rings (SSSR count). The highest BCUT2D eigenvalue weighted by atomic mass is 32.2. The molecule has 2 aromatic rings. The van der Waals surface area contributed by atoms with Crippen molar-refractivity contribution in [3.05, 3.63) is 11.6 Å². The number of nitrogens with one attached hydrogen (secondary N) is 2. The molecule has 8 nitrogen and oxygen atoms in total. The van der Waals surface area contributed by atoms with Crippen LogP contribution in [0, 0.1) is 0 Å². The number of hydrogen-bond acceptors (Lipinski definition) is 7. The van der Waals surface area contributed by atoms with Gasteiger partial charge in [0.05, 0.1) is 5.75 Å². The van der Waals surface area contributed by atoms with Gasteiger partial charge >= 0.3 is 0 Å². The second-order valence-electron chi connectivity index (χ2n) is 4.45. The summed E-state index contributed by atoms with van der Waals surface area (Å²) in [5.74, 6) is 0.201. The number of imidazole rings is 1. The normalized spacial score (nSPS) is 12.9. The van der Waals surface area contributed by atoms with E-state index in [9.17, 15) is 16.8 Å². The Morgan fingerprint density at radius 3 is 2.67 bits per heavy atom. The SMILES string of the molecule is CNc1nc2sccn2c1S(=O)(=O)NCCCS(C)(=O)=O. The first kappa shape index (κ1) is 16.2. The summed E-state index contributed by atoms with van der Waals surface area (Å²) in [7, 11) is -5.28. The molecule has 0 unspecified atom stereocenters. The van der Waals surface area contributed by atoms with E-state index in [1.807, 2.05) is 0 Å². The molecule has 0 aliphatic rings. The fourth-order valence-corrected chi connectivity index (χ4v) is 4.59. The van der Waals surface area contributed by atoms with Crippen LogP contribution >= 0.6 is 11.3 Å².